The fourth-order valence-corrected chi connectivity index (χ4v) is 2.37. The van der Waals surface area contributed by atoms with Crippen molar-refractivity contribution in [2.75, 3.05) is 0 Å². The van der Waals surface area contributed by atoms with Gasteiger partial charge in [0.05, 0.1) is 9.21 Å². The minimum atomic E-state index is -0.707. The number of rotatable bonds is 3. The van der Waals surface area contributed by atoms with E-state index in [-0.39, 0.29) is 17.8 Å². The van der Waals surface area contributed by atoms with Gasteiger partial charge in [0.1, 0.15) is 11.6 Å². The zero-order valence-electron chi connectivity index (χ0n) is 8.54. The zero-order chi connectivity index (χ0) is 12.4. The Morgan fingerprint density at radius 3 is 2.59 bits per heavy atom. The normalized spacial score (nSPS) is 10.5. The SMILES string of the molecule is O=C(Cc1ccc(F)cc1F)c1ccc(Cl)s1. The van der Waals surface area contributed by atoms with Gasteiger partial charge in [-0.2, -0.15) is 0 Å². The zero-order valence-corrected chi connectivity index (χ0v) is 10.1. The summed E-state index contributed by atoms with van der Waals surface area (Å²) in [6.45, 7) is 0. The van der Waals surface area contributed by atoms with E-state index in [1.54, 1.807) is 12.1 Å². The molecule has 0 radical (unpaired) electrons. The molecule has 0 saturated carbocycles. The van der Waals surface area contributed by atoms with E-state index in [0.29, 0.717) is 9.21 Å². The maximum atomic E-state index is 13.3. The molecule has 1 heterocycles. The van der Waals surface area contributed by atoms with Crippen molar-refractivity contribution in [2.24, 2.45) is 0 Å². The monoisotopic (exact) mass is 272 g/mol. The first-order chi connectivity index (χ1) is 8.06. The number of carbonyl (C=O) groups excluding carboxylic acids is 1. The molecule has 0 aliphatic heterocycles. The molecule has 1 aromatic carbocycles. The van der Waals surface area contributed by atoms with Crippen molar-refractivity contribution in [1.29, 1.82) is 0 Å². The van der Waals surface area contributed by atoms with Gasteiger partial charge in [0.2, 0.25) is 0 Å². The number of benzene rings is 1. The van der Waals surface area contributed by atoms with Crippen LogP contribution in [0.5, 0.6) is 0 Å². The molecule has 0 spiro atoms. The van der Waals surface area contributed by atoms with E-state index in [4.69, 9.17) is 11.6 Å². The van der Waals surface area contributed by atoms with Crippen molar-refractivity contribution in [3.63, 3.8) is 0 Å². The van der Waals surface area contributed by atoms with Gasteiger partial charge in [-0.3, -0.25) is 4.79 Å². The maximum absolute atomic E-state index is 13.3. The molecule has 88 valence electrons. The van der Waals surface area contributed by atoms with Crippen LogP contribution in [0.3, 0.4) is 0 Å². The predicted octanol–water partition coefficient (Wildman–Crippen LogP) is 4.11. The maximum Gasteiger partial charge on any atom is 0.177 e. The van der Waals surface area contributed by atoms with E-state index >= 15 is 0 Å². The second-order valence-corrected chi connectivity index (χ2v) is 5.15. The highest BCUT2D eigenvalue weighted by atomic mass is 35.5. The molecule has 0 unspecified atom stereocenters. The Kier molecular flexibility index (Phi) is 3.54. The van der Waals surface area contributed by atoms with Gasteiger partial charge >= 0.3 is 0 Å². The Morgan fingerprint density at radius 2 is 2.00 bits per heavy atom. The third-order valence-electron chi connectivity index (χ3n) is 2.21. The second-order valence-electron chi connectivity index (χ2n) is 3.44. The van der Waals surface area contributed by atoms with E-state index in [1.165, 1.54) is 6.07 Å². The van der Waals surface area contributed by atoms with Crippen molar-refractivity contribution in [1.82, 2.24) is 0 Å². The summed E-state index contributed by atoms with van der Waals surface area (Å²) in [5.41, 5.74) is 0.181. The number of Topliss-reactive ketones (excluding diaryl/α,β-unsaturated/α-hetero) is 1. The van der Waals surface area contributed by atoms with Crippen molar-refractivity contribution >= 4 is 28.7 Å². The first kappa shape index (κ1) is 12.2. The Labute approximate surface area is 106 Å². The van der Waals surface area contributed by atoms with E-state index < -0.39 is 11.6 Å². The number of ketones is 1. The molecule has 0 fully saturated rings. The van der Waals surface area contributed by atoms with Gasteiger partial charge < -0.3 is 0 Å². The van der Waals surface area contributed by atoms with Crippen LogP contribution in [-0.2, 0) is 6.42 Å². The predicted molar refractivity (Wildman–Crippen MR) is 63.7 cm³/mol. The number of carbonyl (C=O) groups is 1. The number of hydrogen-bond acceptors (Lipinski definition) is 2. The van der Waals surface area contributed by atoms with Gasteiger partial charge in [0, 0.05) is 12.5 Å². The minimum Gasteiger partial charge on any atom is -0.293 e. The molecule has 0 atom stereocenters. The molecule has 0 N–H and O–H groups in total. The van der Waals surface area contributed by atoms with Crippen molar-refractivity contribution in [3.8, 4) is 0 Å². The van der Waals surface area contributed by atoms with Crippen LogP contribution in [0.25, 0.3) is 0 Å². The first-order valence-electron chi connectivity index (χ1n) is 4.79. The van der Waals surface area contributed by atoms with Gasteiger partial charge in [-0.05, 0) is 23.8 Å². The van der Waals surface area contributed by atoms with E-state index in [9.17, 15) is 13.6 Å². The van der Waals surface area contributed by atoms with Crippen LogP contribution < -0.4 is 0 Å². The van der Waals surface area contributed by atoms with Crippen LogP contribution in [0.4, 0.5) is 8.78 Å². The van der Waals surface area contributed by atoms with Crippen molar-refractivity contribution < 1.29 is 13.6 Å². The Balaban J connectivity index is 2.18. The quantitative estimate of drug-likeness (QED) is 0.769. The average molecular weight is 273 g/mol. The van der Waals surface area contributed by atoms with Crippen LogP contribution >= 0.6 is 22.9 Å². The highest BCUT2D eigenvalue weighted by molar-refractivity contribution is 7.18. The fourth-order valence-electron chi connectivity index (χ4n) is 1.39. The number of hydrogen-bond donors (Lipinski definition) is 0. The van der Waals surface area contributed by atoms with E-state index in [0.717, 1.165) is 23.5 Å². The van der Waals surface area contributed by atoms with Crippen LogP contribution in [0, 0.1) is 11.6 Å². The van der Waals surface area contributed by atoms with E-state index in [2.05, 4.69) is 0 Å². The molecule has 0 amide bonds. The third-order valence-corrected chi connectivity index (χ3v) is 3.49. The summed E-state index contributed by atoms with van der Waals surface area (Å²) in [6, 6.07) is 6.38. The minimum absolute atomic E-state index is 0.0943. The lowest BCUT2D eigenvalue weighted by Crippen LogP contribution is -2.03. The Hall–Kier alpha value is -1.26. The topological polar surface area (TPSA) is 17.1 Å². The lowest BCUT2D eigenvalue weighted by molar-refractivity contribution is 0.0995. The molecule has 1 aromatic heterocycles. The molecule has 17 heavy (non-hydrogen) atoms. The van der Waals surface area contributed by atoms with Gasteiger partial charge in [0.25, 0.3) is 0 Å². The van der Waals surface area contributed by atoms with Crippen molar-refractivity contribution in [2.45, 2.75) is 6.42 Å². The standard InChI is InChI=1S/C12H7ClF2OS/c13-12-4-3-11(17-12)10(16)5-7-1-2-8(14)6-9(7)15/h1-4,6H,5H2. The molecule has 0 saturated heterocycles. The van der Waals surface area contributed by atoms with Gasteiger partial charge in [-0.15, -0.1) is 11.3 Å². The summed E-state index contributed by atoms with van der Waals surface area (Å²) in [7, 11) is 0. The van der Waals surface area contributed by atoms with Crippen molar-refractivity contribution in [3.05, 3.63) is 56.7 Å². The van der Waals surface area contributed by atoms with Gasteiger partial charge in [0.15, 0.2) is 5.78 Å². The van der Waals surface area contributed by atoms with Gasteiger partial charge in [-0.1, -0.05) is 17.7 Å². The van der Waals surface area contributed by atoms with Crippen LogP contribution in [0.2, 0.25) is 4.34 Å². The molecule has 0 bridgehead atoms. The Morgan fingerprint density at radius 1 is 1.24 bits per heavy atom. The summed E-state index contributed by atoms with van der Waals surface area (Å²) in [4.78, 5) is 12.2. The van der Waals surface area contributed by atoms with Gasteiger partial charge in [-0.25, -0.2) is 8.78 Å². The first-order valence-corrected chi connectivity index (χ1v) is 5.98. The lowest BCUT2D eigenvalue weighted by atomic mass is 10.1. The van der Waals surface area contributed by atoms with Crippen LogP contribution in [0.15, 0.2) is 30.3 Å². The molecular weight excluding hydrogens is 266 g/mol. The largest absolute Gasteiger partial charge is 0.293 e. The highest BCUT2D eigenvalue weighted by Crippen LogP contribution is 2.23. The number of halogens is 3. The summed E-state index contributed by atoms with van der Waals surface area (Å²) < 4.78 is 26.5. The molecule has 5 heteroatoms. The smallest absolute Gasteiger partial charge is 0.177 e. The molecule has 0 aliphatic carbocycles. The van der Waals surface area contributed by atoms with Crippen LogP contribution in [-0.4, -0.2) is 5.78 Å². The summed E-state index contributed by atoms with van der Waals surface area (Å²) in [5, 5.41) is 0. The lowest BCUT2D eigenvalue weighted by Gasteiger charge is -2.01. The summed E-state index contributed by atoms with van der Waals surface area (Å²) in [6.07, 6.45) is -0.0943. The molecule has 2 aromatic rings. The molecule has 1 nitrogen and oxygen atoms in total. The Bertz CT molecular complexity index is 565. The molecule has 0 aliphatic rings. The molecular formula is C12H7ClF2OS. The fraction of sp³-hybridized carbons (Fsp3) is 0.0833. The summed E-state index contributed by atoms with van der Waals surface area (Å²) in [5.74, 6) is -1.59. The summed E-state index contributed by atoms with van der Waals surface area (Å²) >= 11 is 6.85. The third kappa shape index (κ3) is 2.90. The van der Waals surface area contributed by atoms with E-state index in [1.807, 2.05) is 0 Å². The number of thiophene rings is 1. The molecule has 2 rings (SSSR count). The second kappa shape index (κ2) is 4.94. The highest BCUT2D eigenvalue weighted by Gasteiger charge is 2.12. The average Bonchev–Trinajstić information content (AvgIpc) is 2.69. The van der Waals surface area contributed by atoms with Crippen LogP contribution in [0.1, 0.15) is 15.2 Å².